The average molecular weight is 343 g/mol. The van der Waals surface area contributed by atoms with Crippen LogP contribution in [-0.4, -0.2) is 37.0 Å². The summed E-state index contributed by atoms with van der Waals surface area (Å²) in [5.74, 6) is -0.223. The first-order valence-electron chi connectivity index (χ1n) is 7.07. The van der Waals surface area contributed by atoms with E-state index in [1.807, 2.05) is 6.92 Å². The third-order valence-electron chi connectivity index (χ3n) is 3.71. The lowest BCUT2D eigenvalue weighted by molar-refractivity contribution is 0.0724. The van der Waals surface area contributed by atoms with Crippen molar-refractivity contribution in [2.75, 3.05) is 26.2 Å². The van der Waals surface area contributed by atoms with Crippen molar-refractivity contribution >= 4 is 21.8 Å². The van der Waals surface area contributed by atoms with E-state index in [9.17, 15) is 9.18 Å². The summed E-state index contributed by atoms with van der Waals surface area (Å²) in [6.07, 6.45) is 2.27. The van der Waals surface area contributed by atoms with E-state index in [4.69, 9.17) is 0 Å². The van der Waals surface area contributed by atoms with Crippen LogP contribution < -0.4 is 5.32 Å². The van der Waals surface area contributed by atoms with Gasteiger partial charge < -0.3 is 10.2 Å². The van der Waals surface area contributed by atoms with Crippen LogP contribution in [0, 0.1) is 11.7 Å². The van der Waals surface area contributed by atoms with E-state index in [-0.39, 0.29) is 11.5 Å². The van der Waals surface area contributed by atoms with Crippen LogP contribution in [0.15, 0.2) is 22.7 Å². The second kappa shape index (κ2) is 7.18. The van der Waals surface area contributed by atoms with Gasteiger partial charge in [-0.25, -0.2) is 4.39 Å². The summed E-state index contributed by atoms with van der Waals surface area (Å²) in [6.45, 7) is 5.22. The maximum atomic E-state index is 13.9. The molecule has 1 aromatic carbocycles. The van der Waals surface area contributed by atoms with E-state index in [0.29, 0.717) is 23.5 Å². The molecule has 1 unspecified atom stereocenters. The van der Waals surface area contributed by atoms with Crippen molar-refractivity contribution in [2.24, 2.45) is 5.92 Å². The van der Waals surface area contributed by atoms with Crippen LogP contribution >= 0.6 is 15.9 Å². The summed E-state index contributed by atoms with van der Waals surface area (Å²) in [5.41, 5.74) is 0.152. The topological polar surface area (TPSA) is 32.3 Å². The maximum Gasteiger partial charge on any atom is 0.256 e. The first kappa shape index (κ1) is 15.4. The molecule has 1 amide bonds. The first-order valence-corrected chi connectivity index (χ1v) is 7.86. The molecule has 5 heteroatoms. The maximum absolute atomic E-state index is 13.9. The van der Waals surface area contributed by atoms with Crippen molar-refractivity contribution in [1.82, 2.24) is 10.2 Å². The van der Waals surface area contributed by atoms with Gasteiger partial charge >= 0.3 is 0 Å². The lowest BCUT2D eigenvalue weighted by Crippen LogP contribution is -2.41. The van der Waals surface area contributed by atoms with Gasteiger partial charge in [0.05, 0.1) is 5.56 Å². The number of nitrogens with one attached hydrogen (secondary N) is 1. The minimum Gasteiger partial charge on any atom is -0.339 e. The monoisotopic (exact) mass is 342 g/mol. The van der Waals surface area contributed by atoms with Gasteiger partial charge in [-0.2, -0.15) is 0 Å². The molecule has 1 aliphatic heterocycles. The van der Waals surface area contributed by atoms with Gasteiger partial charge in [0.25, 0.3) is 5.91 Å². The molecule has 2 rings (SSSR count). The number of hydrogen-bond donors (Lipinski definition) is 1. The average Bonchev–Trinajstić information content (AvgIpc) is 2.45. The Morgan fingerprint density at radius 1 is 1.55 bits per heavy atom. The Kier molecular flexibility index (Phi) is 5.54. The number of carbonyl (C=O) groups is 1. The van der Waals surface area contributed by atoms with Gasteiger partial charge in [-0.1, -0.05) is 15.9 Å². The van der Waals surface area contributed by atoms with Crippen LogP contribution in [0.4, 0.5) is 4.39 Å². The molecule has 3 nitrogen and oxygen atoms in total. The van der Waals surface area contributed by atoms with E-state index in [1.165, 1.54) is 6.07 Å². The normalized spacial score (nSPS) is 18.9. The van der Waals surface area contributed by atoms with Gasteiger partial charge in [0.15, 0.2) is 0 Å². The summed E-state index contributed by atoms with van der Waals surface area (Å²) in [4.78, 5) is 14.2. The van der Waals surface area contributed by atoms with Crippen LogP contribution in [0.25, 0.3) is 0 Å². The molecule has 0 saturated carbocycles. The lowest BCUT2D eigenvalue weighted by atomic mass is 9.98. The third kappa shape index (κ3) is 3.79. The molecule has 0 bridgehead atoms. The highest BCUT2D eigenvalue weighted by molar-refractivity contribution is 9.10. The second-order valence-corrected chi connectivity index (χ2v) is 6.10. The number of amides is 1. The molecule has 1 atom stereocenters. The van der Waals surface area contributed by atoms with Crippen molar-refractivity contribution in [3.05, 3.63) is 34.1 Å². The fourth-order valence-corrected chi connectivity index (χ4v) is 2.91. The molecule has 1 fully saturated rings. The summed E-state index contributed by atoms with van der Waals surface area (Å²) in [5, 5.41) is 3.34. The summed E-state index contributed by atoms with van der Waals surface area (Å²) < 4.78 is 14.5. The number of hydrogen-bond acceptors (Lipinski definition) is 2. The Balaban J connectivity index is 2.07. The van der Waals surface area contributed by atoms with Gasteiger partial charge in [-0.05, 0) is 57.0 Å². The van der Waals surface area contributed by atoms with Crippen molar-refractivity contribution in [1.29, 1.82) is 0 Å². The highest BCUT2D eigenvalue weighted by Crippen LogP contribution is 2.18. The summed E-state index contributed by atoms with van der Waals surface area (Å²) >= 11 is 3.21. The molecule has 20 heavy (non-hydrogen) atoms. The largest absolute Gasteiger partial charge is 0.339 e. The first-order chi connectivity index (χ1) is 9.61. The quantitative estimate of drug-likeness (QED) is 0.911. The van der Waals surface area contributed by atoms with Crippen LogP contribution in [0.1, 0.15) is 30.1 Å². The number of rotatable bonds is 4. The molecule has 1 heterocycles. The highest BCUT2D eigenvalue weighted by atomic mass is 79.9. The summed E-state index contributed by atoms with van der Waals surface area (Å²) in [7, 11) is 0. The highest BCUT2D eigenvalue weighted by Gasteiger charge is 2.22. The Bertz CT molecular complexity index is 475. The predicted molar refractivity (Wildman–Crippen MR) is 81.3 cm³/mol. The van der Waals surface area contributed by atoms with Crippen molar-refractivity contribution in [3.63, 3.8) is 0 Å². The molecule has 0 radical (unpaired) electrons. The standard InChI is InChI=1S/C15H20BrFN2O/c1-2-19(10-11-4-3-7-18-9-11)15(20)13-6-5-12(16)8-14(13)17/h5-6,8,11,18H,2-4,7,9-10H2,1H3. The zero-order valence-electron chi connectivity index (χ0n) is 11.7. The van der Waals surface area contributed by atoms with Crippen LogP contribution in [0.5, 0.6) is 0 Å². The molecule has 0 spiro atoms. The number of benzene rings is 1. The van der Waals surface area contributed by atoms with Gasteiger partial charge in [-0.3, -0.25) is 4.79 Å². The fraction of sp³-hybridized carbons (Fsp3) is 0.533. The zero-order valence-corrected chi connectivity index (χ0v) is 13.2. The Morgan fingerprint density at radius 2 is 2.35 bits per heavy atom. The number of nitrogens with zero attached hydrogens (tertiary/aromatic N) is 1. The lowest BCUT2D eigenvalue weighted by Gasteiger charge is -2.29. The Labute approximate surface area is 127 Å². The molecule has 110 valence electrons. The molecular weight excluding hydrogens is 323 g/mol. The minimum atomic E-state index is -0.468. The van der Waals surface area contributed by atoms with Crippen molar-refractivity contribution < 1.29 is 9.18 Å². The van der Waals surface area contributed by atoms with Crippen molar-refractivity contribution in [3.8, 4) is 0 Å². The Morgan fingerprint density at radius 3 is 2.95 bits per heavy atom. The second-order valence-electron chi connectivity index (χ2n) is 5.18. The molecule has 1 aromatic rings. The number of piperidine rings is 1. The molecule has 1 N–H and O–H groups in total. The molecule has 0 aromatic heterocycles. The Hall–Kier alpha value is -0.940. The van der Waals surface area contributed by atoms with Gasteiger partial charge in [-0.15, -0.1) is 0 Å². The molecule has 0 aliphatic carbocycles. The number of halogens is 2. The smallest absolute Gasteiger partial charge is 0.256 e. The van der Waals surface area contributed by atoms with Crippen LogP contribution in [0.3, 0.4) is 0 Å². The van der Waals surface area contributed by atoms with Gasteiger partial charge in [0, 0.05) is 17.6 Å². The van der Waals surface area contributed by atoms with E-state index in [1.54, 1.807) is 17.0 Å². The third-order valence-corrected chi connectivity index (χ3v) is 4.20. The molecule has 1 saturated heterocycles. The van der Waals surface area contributed by atoms with Crippen LogP contribution in [0.2, 0.25) is 0 Å². The summed E-state index contributed by atoms with van der Waals surface area (Å²) in [6, 6.07) is 4.58. The van der Waals surface area contributed by atoms with E-state index in [2.05, 4.69) is 21.2 Å². The van der Waals surface area contributed by atoms with Crippen LogP contribution in [-0.2, 0) is 0 Å². The van der Waals surface area contributed by atoms with E-state index < -0.39 is 5.82 Å². The zero-order chi connectivity index (χ0) is 14.5. The number of carbonyl (C=O) groups excluding carboxylic acids is 1. The van der Waals surface area contributed by atoms with Gasteiger partial charge in [0.1, 0.15) is 5.82 Å². The predicted octanol–water partition coefficient (Wildman–Crippen LogP) is 3.05. The molecular formula is C15H20BrFN2O. The SMILES string of the molecule is CCN(CC1CCCNC1)C(=O)c1ccc(Br)cc1F. The van der Waals surface area contributed by atoms with Gasteiger partial charge in [0.2, 0.25) is 0 Å². The molecule has 1 aliphatic rings. The van der Waals surface area contributed by atoms with Crippen molar-refractivity contribution in [2.45, 2.75) is 19.8 Å². The van der Waals surface area contributed by atoms with E-state index in [0.717, 1.165) is 25.9 Å². The van der Waals surface area contributed by atoms with E-state index >= 15 is 0 Å². The fourth-order valence-electron chi connectivity index (χ4n) is 2.58. The minimum absolute atomic E-state index is 0.152.